The maximum Gasteiger partial charge on any atom is 0.149 e. The van der Waals surface area contributed by atoms with Gasteiger partial charge in [0.1, 0.15) is 16.9 Å². The first-order valence-electron chi connectivity index (χ1n) is 5.24. The lowest BCUT2D eigenvalue weighted by atomic mass is 10.2. The highest BCUT2D eigenvalue weighted by Crippen LogP contribution is 2.34. The van der Waals surface area contributed by atoms with E-state index < -0.39 is 0 Å². The van der Waals surface area contributed by atoms with Crippen LogP contribution in [-0.4, -0.2) is 13.7 Å². The van der Waals surface area contributed by atoms with Crippen LogP contribution in [0.15, 0.2) is 24.4 Å². The highest BCUT2D eigenvalue weighted by Gasteiger charge is 2.12. The Labute approximate surface area is 122 Å². The summed E-state index contributed by atoms with van der Waals surface area (Å²) in [5.41, 5.74) is 8.18. The number of rotatable bonds is 2. The third-order valence-corrected chi connectivity index (χ3v) is 3.63. The number of pyridine rings is 1. The van der Waals surface area contributed by atoms with Gasteiger partial charge in [0.15, 0.2) is 0 Å². The number of halogens is 2. The predicted molar refractivity (Wildman–Crippen MR) is 79.4 cm³/mol. The smallest absolute Gasteiger partial charge is 0.149 e. The summed E-state index contributed by atoms with van der Waals surface area (Å²) >= 11 is 13.4. The quantitative estimate of drug-likeness (QED) is 0.754. The molecule has 8 heteroatoms. The van der Waals surface area contributed by atoms with Crippen molar-refractivity contribution in [3.05, 3.63) is 34.4 Å². The summed E-state index contributed by atoms with van der Waals surface area (Å²) in [7, 11) is 0. The second-order valence-corrected chi connectivity index (χ2v) is 5.12. The van der Waals surface area contributed by atoms with E-state index in [1.807, 2.05) is 6.07 Å². The van der Waals surface area contributed by atoms with Crippen LogP contribution >= 0.6 is 34.9 Å². The molecular formula is C11H7Cl2N5S. The molecule has 3 rings (SSSR count). The number of anilines is 3. The Morgan fingerprint density at radius 3 is 2.79 bits per heavy atom. The zero-order chi connectivity index (χ0) is 13.4. The molecule has 0 bridgehead atoms. The summed E-state index contributed by atoms with van der Waals surface area (Å²) in [6.07, 6.45) is 1.52. The van der Waals surface area contributed by atoms with Crippen LogP contribution in [0.3, 0.4) is 0 Å². The predicted octanol–water partition coefficient (Wildman–Crippen LogP) is 3.72. The van der Waals surface area contributed by atoms with Gasteiger partial charge in [0.25, 0.3) is 0 Å². The second-order valence-electron chi connectivity index (χ2n) is 3.78. The number of benzene rings is 1. The van der Waals surface area contributed by atoms with E-state index in [2.05, 4.69) is 19.0 Å². The Bertz CT molecular complexity index is 758. The Kier molecular flexibility index (Phi) is 3.14. The van der Waals surface area contributed by atoms with Crippen LogP contribution in [0.5, 0.6) is 0 Å². The van der Waals surface area contributed by atoms with Crippen molar-refractivity contribution in [2.75, 3.05) is 11.1 Å². The number of aromatic nitrogens is 3. The minimum atomic E-state index is 0.413. The molecule has 0 aliphatic heterocycles. The first-order chi connectivity index (χ1) is 9.15. The SMILES string of the molecule is Nc1cnc(Nc2c(Cl)ccc3nsnc23)c(Cl)c1. The average molecular weight is 312 g/mol. The van der Waals surface area contributed by atoms with Gasteiger partial charge in [-0.25, -0.2) is 4.98 Å². The fourth-order valence-corrected chi connectivity index (χ4v) is 2.57. The van der Waals surface area contributed by atoms with Gasteiger partial charge in [-0.05, 0) is 18.2 Å². The Morgan fingerprint density at radius 2 is 2.00 bits per heavy atom. The van der Waals surface area contributed by atoms with Crippen molar-refractivity contribution in [2.45, 2.75) is 0 Å². The molecule has 0 radical (unpaired) electrons. The van der Waals surface area contributed by atoms with E-state index in [4.69, 9.17) is 28.9 Å². The van der Waals surface area contributed by atoms with Crippen molar-refractivity contribution in [1.29, 1.82) is 0 Å². The summed E-state index contributed by atoms with van der Waals surface area (Å²) in [5, 5.41) is 4.01. The molecule has 0 aliphatic rings. The fraction of sp³-hybridized carbons (Fsp3) is 0. The normalized spacial score (nSPS) is 10.8. The Hall–Kier alpha value is -1.63. The van der Waals surface area contributed by atoms with Gasteiger partial charge in [-0.15, -0.1) is 0 Å². The lowest BCUT2D eigenvalue weighted by molar-refractivity contribution is 1.31. The van der Waals surface area contributed by atoms with Gasteiger partial charge >= 0.3 is 0 Å². The van der Waals surface area contributed by atoms with Crippen LogP contribution < -0.4 is 11.1 Å². The summed E-state index contributed by atoms with van der Waals surface area (Å²) in [6.45, 7) is 0. The van der Waals surface area contributed by atoms with Gasteiger partial charge in [0.05, 0.1) is 39.3 Å². The first-order valence-corrected chi connectivity index (χ1v) is 6.72. The third kappa shape index (κ3) is 2.30. The third-order valence-electron chi connectivity index (χ3n) is 2.48. The number of nitrogens with two attached hydrogens (primary N) is 1. The molecule has 0 spiro atoms. The molecule has 1 aromatic carbocycles. The molecule has 0 saturated carbocycles. The maximum atomic E-state index is 6.17. The molecule has 0 aliphatic carbocycles. The van der Waals surface area contributed by atoms with Crippen molar-refractivity contribution in [3.8, 4) is 0 Å². The molecular weight excluding hydrogens is 305 g/mol. The lowest BCUT2D eigenvalue weighted by Gasteiger charge is -2.09. The molecule has 0 amide bonds. The molecule has 0 fully saturated rings. The topological polar surface area (TPSA) is 76.7 Å². The highest BCUT2D eigenvalue weighted by atomic mass is 35.5. The molecule has 0 atom stereocenters. The molecule has 3 aromatic rings. The first kappa shape index (κ1) is 12.4. The standard InChI is InChI=1S/C11H7Cl2N5S/c12-6-1-2-8-10(18-19-17-8)9(6)16-11-7(13)3-5(14)4-15-11/h1-4H,14H2,(H,15,16). The van der Waals surface area contributed by atoms with E-state index in [0.717, 1.165) is 17.2 Å². The van der Waals surface area contributed by atoms with Crippen LogP contribution in [0, 0.1) is 0 Å². The van der Waals surface area contributed by atoms with Crippen molar-refractivity contribution in [3.63, 3.8) is 0 Å². The molecule has 2 heterocycles. The zero-order valence-corrected chi connectivity index (χ0v) is 11.7. The molecule has 3 N–H and O–H groups in total. The molecule has 96 valence electrons. The van der Waals surface area contributed by atoms with Crippen LogP contribution in [0.25, 0.3) is 11.0 Å². The lowest BCUT2D eigenvalue weighted by Crippen LogP contribution is -1.97. The highest BCUT2D eigenvalue weighted by molar-refractivity contribution is 7.00. The number of nitrogen functional groups attached to an aromatic ring is 1. The Morgan fingerprint density at radius 1 is 1.16 bits per heavy atom. The van der Waals surface area contributed by atoms with Crippen molar-refractivity contribution in [1.82, 2.24) is 13.7 Å². The van der Waals surface area contributed by atoms with E-state index in [9.17, 15) is 0 Å². The number of fused-ring (bicyclic) bond motifs is 1. The van der Waals surface area contributed by atoms with E-state index in [-0.39, 0.29) is 0 Å². The summed E-state index contributed by atoms with van der Waals surface area (Å²) in [5.74, 6) is 0.471. The number of hydrogen-bond acceptors (Lipinski definition) is 6. The number of nitrogens with one attached hydrogen (secondary N) is 1. The second kappa shape index (κ2) is 4.80. The monoisotopic (exact) mass is 311 g/mol. The summed E-state index contributed by atoms with van der Waals surface area (Å²) < 4.78 is 8.37. The summed E-state index contributed by atoms with van der Waals surface area (Å²) in [4.78, 5) is 4.13. The number of hydrogen-bond donors (Lipinski definition) is 2. The van der Waals surface area contributed by atoms with E-state index in [1.54, 1.807) is 12.1 Å². The molecule has 0 saturated heterocycles. The minimum absolute atomic E-state index is 0.413. The van der Waals surface area contributed by atoms with Gasteiger partial charge in [0, 0.05) is 0 Å². The molecule has 5 nitrogen and oxygen atoms in total. The van der Waals surface area contributed by atoms with Crippen LogP contribution in [0.1, 0.15) is 0 Å². The van der Waals surface area contributed by atoms with Gasteiger partial charge in [-0.2, -0.15) is 8.75 Å². The van der Waals surface area contributed by atoms with Gasteiger partial charge in [-0.3, -0.25) is 0 Å². The molecule has 19 heavy (non-hydrogen) atoms. The van der Waals surface area contributed by atoms with Crippen molar-refractivity contribution in [2.24, 2.45) is 0 Å². The van der Waals surface area contributed by atoms with Gasteiger partial charge in [-0.1, -0.05) is 23.2 Å². The van der Waals surface area contributed by atoms with E-state index >= 15 is 0 Å². The fourth-order valence-electron chi connectivity index (χ4n) is 1.61. The Balaban J connectivity index is 2.10. The van der Waals surface area contributed by atoms with Crippen LogP contribution in [0.4, 0.5) is 17.2 Å². The zero-order valence-electron chi connectivity index (χ0n) is 9.39. The molecule has 2 aromatic heterocycles. The van der Waals surface area contributed by atoms with Crippen LogP contribution in [0.2, 0.25) is 10.0 Å². The van der Waals surface area contributed by atoms with Gasteiger partial charge < -0.3 is 11.1 Å². The average Bonchev–Trinajstić information content (AvgIpc) is 2.84. The maximum absolute atomic E-state index is 6.17. The largest absolute Gasteiger partial charge is 0.397 e. The van der Waals surface area contributed by atoms with Crippen molar-refractivity contribution >= 4 is 63.2 Å². The van der Waals surface area contributed by atoms with Crippen LogP contribution in [-0.2, 0) is 0 Å². The molecule has 0 unspecified atom stereocenters. The van der Waals surface area contributed by atoms with E-state index in [0.29, 0.717) is 32.8 Å². The minimum Gasteiger partial charge on any atom is -0.397 e. The van der Waals surface area contributed by atoms with E-state index in [1.165, 1.54) is 6.20 Å². The summed E-state index contributed by atoms with van der Waals surface area (Å²) in [6, 6.07) is 5.17. The number of nitrogens with zero attached hydrogens (tertiary/aromatic N) is 3. The van der Waals surface area contributed by atoms with Crippen molar-refractivity contribution < 1.29 is 0 Å². The van der Waals surface area contributed by atoms with Gasteiger partial charge in [0.2, 0.25) is 0 Å².